The molecule has 54 heavy (non-hydrogen) atoms. The van der Waals surface area contributed by atoms with E-state index in [4.69, 9.17) is 62.8 Å². The Bertz CT molecular complexity index is 1230. The van der Waals surface area contributed by atoms with Crippen LogP contribution in [0, 0.1) is 5.92 Å². The van der Waals surface area contributed by atoms with Gasteiger partial charge in [0.2, 0.25) is 0 Å². The molecule has 3 heterocycles. The lowest BCUT2D eigenvalue weighted by Crippen LogP contribution is -2.67. The van der Waals surface area contributed by atoms with Gasteiger partial charge in [0.25, 0.3) is 5.91 Å². The second kappa shape index (κ2) is 19.2. The molecule has 21 N–H and O–H groups in total. The first-order valence-electron chi connectivity index (χ1n) is 18.4. The van der Waals surface area contributed by atoms with Crippen molar-refractivity contribution >= 4 is 5.91 Å². The van der Waals surface area contributed by atoms with Gasteiger partial charge in [0.05, 0.1) is 30.8 Å². The van der Waals surface area contributed by atoms with Crippen molar-refractivity contribution in [1.82, 2.24) is 10.6 Å². The highest BCUT2D eigenvalue weighted by atomic mass is 16.8. The third-order valence-corrected chi connectivity index (χ3v) is 10.8. The summed E-state index contributed by atoms with van der Waals surface area (Å²) in [5, 5.41) is 80.0. The molecule has 3 aliphatic heterocycles. The van der Waals surface area contributed by atoms with Crippen molar-refractivity contribution in [2.24, 2.45) is 40.3 Å². The van der Waals surface area contributed by atoms with Crippen LogP contribution in [-0.2, 0) is 33.2 Å². The van der Waals surface area contributed by atoms with Crippen LogP contribution in [0.15, 0.2) is 12.2 Å². The smallest absolute Gasteiger partial charge is 0.251 e. The number of amides is 1. The van der Waals surface area contributed by atoms with Gasteiger partial charge < -0.3 is 109 Å². The fourth-order valence-corrected chi connectivity index (χ4v) is 7.43. The van der Waals surface area contributed by atoms with E-state index < -0.39 is 135 Å². The summed E-state index contributed by atoms with van der Waals surface area (Å²) in [6, 6.07) is -4.00. The summed E-state index contributed by atoms with van der Waals surface area (Å²) in [6.45, 7) is -0.0953. The van der Waals surface area contributed by atoms with E-state index in [1.807, 2.05) is 0 Å². The number of carbonyl (C=O) groups excluding carboxylic acids is 1. The monoisotopic (exact) mass is 780 g/mol. The van der Waals surface area contributed by atoms with Gasteiger partial charge in [-0.3, -0.25) is 4.79 Å². The number of carbonyl (C=O) groups is 1. The van der Waals surface area contributed by atoms with Crippen molar-refractivity contribution in [2.75, 3.05) is 32.8 Å². The maximum atomic E-state index is 12.8. The molecule has 0 aromatic heterocycles. The summed E-state index contributed by atoms with van der Waals surface area (Å²) in [6.07, 6.45) is -15.4. The Labute approximate surface area is 312 Å². The minimum atomic E-state index is -1.92. The quantitative estimate of drug-likeness (QED) is 0.0646. The van der Waals surface area contributed by atoms with Crippen molar-refractivity contribution < 1.29 is 69.0 Å². The van der Waals surface area contributed by atoms with Crippen LogP contribution in [-0.4, -0.2) is 197 Å². The van der Waals surface area contributed by atoms with Crippen LogP contribution in [0.2, 0.25) is 0 Å². The van der Waals surface area contributed by atoms with Gasteiger partial charge in [-0.2, -0.15) is 0 Å². The Hall–Kier alpha value is -1.59. The van der Waals surface area contributed by atoms with Gasteiger partial charge in [0.15, 0.2) is 25.0 Å². The summed E-state index contributed by atoms with van der Waals surface area (Å²) < 4.78 is 36.0. The molecule has 5 rings (SSSR count). The van der Waals surface area contributed by atoms with Gasteiger partial charge in [-0.1, -0.05) is 12.2 Å². The van der Waals surface area contributed by atoms with Gasteiger partial charge >= 0.3 is 0 Å². The number of ether oxygens (including phenoxy) is 6. The molecule has 1 amide bonds. The van der Waals surface area contributed by atoms with E-state index in [2.05, 4.69) is 10.6 Å². The Kier molecular flexibility index (Phi) is 15.5. The fourth-order valence-electron chi connectivity index (χ4n) is 7.43. The molecule has 0 unspecified atom stereocenters. The molecule has 22 nitrogen and oxygen atoms in total. The summed E-state index contributed by atoms with van der Waals surface area (Å²) in [5.41, 5.74) is 35.9. The standard InChI is InChI=1S/C32H60N8O14/c33-6-17(42)22(44)29(48)40-16-5-15(37)26(52-30-14(36)2-1-13(49-30)9-39-8-11-3-12(35)4-11)28(21(16)43)54-32-25(47)27(19(10-41)51-32)53-31-20(38)24(46)23(45)18(7-34)50-31/h1-2,11-28,30-32,39,41-47H,3-10,33-38H2,(H,40,48)/t11?,12?,13-,14+,15-,16+,17-,18-,19+,20+,21-,22-,23+,24+,25+,26+,27+,28+,30+,31+,32-/m0/s1. The van der Waals surface area contributed by atoms with Crippen LogP contribution in [0.25, 0.3) is 0 Å². The lowest BCUT2D eigenvalue weighted by molar-refractivity contribution is -0.284. The van der Waals surface area contributed by atoms with Crippen LogP contribution in [0.5, 0.6) is 0 Å². The average Bonchev–Trinajstić information content (AvgIpc) is 3.44. The van der Waals surface area contributed by atoms with Crippen molar-refractivity contribution in [3.63, 3.8) is 0 Å². The first-order chi connectivity index (χ1) is 25.7. The molecular weight excluding hydrogens is 720 g/mol. The SMILES string of the molecule is NC[C@@H]1O[C@H](O[C@H]2[C@@H](O)[C@H](O[C@@H]3[C@@H](O)[C@H](NC(=O)[C@@H](O)[C@@H](O)CN)C[C@H](N)[C@H]3O[C@H]3O[C@H](CNCC4CC(N)C4)C=C[C@H]3N)O[C@@H]2CO)[C@H](N)[C@@H](O)[C@@H]1O. The van der Waals surface area contributed by atoms with Crippen molar-refractivity contribution in [3.8, 4) is 0 Å². The van der Waals surface area contributed by atoms with E-state index in [1.165, 1.54) is 0 Å². The Morgan fingerprint density at radius 3 is 2.09 bits per heavy atom. The molecular formula is C32H60N8O14. The zero-order valence-electron chi connectivity index (χ0n) is 29.9. The third kappa shape index (κ3) is 9.92. The van der Waals surface area contributed by atoms with E-state index in [0.717, 1.165) is 19.4 Å². The molecule has 19 atom stereocenters. The highest BCUT2D eigenvalue weighted by Gasteiger charge is 2.54. The summed E-state index contributed by atoms with van der Waals surface area (Å²) in [7, 11) is 0. The summed E-state index contributed by atoms with van der Waals surface area (Å²) in [4.78, 5) is 12.8. The number of nitrogens with two attached hydrogens (primary N) is 6. The Balaban J connectivity index is 1.31. The number of aliphatic hydroxyl groups excluding tert-OH is 7. The fraction of sp³-hybridized carbons (Fsp3) is 0.906. The molecule has 5 aliphatic rings. The molecule has 2 aliphatic carbocycles. The minimum absolute atomic E-state index is 0.109. The first kappa shape index (κ1) is 43.5. The predicted octanol–water partition coefficient (Wildman–Crippen LogP) is -8.85. The van der Waals surface area contributed by atoms with Crippen LogP contribution >= 0.6 is 0 Å². The Morgan fingerprint density at radius 1 is 0.778 bits per heavy atom. The first-order valence-corrected chi connectivity index (χ1v) is 18.4. The zero-order valence-corrected chi connectivity index (χ0v) is 29.9. The maximum absolute atomic E-state index is 12.8. The molecule has 0 bridgehead atoms. The molecule has 312 valence electrons. The van der Waals surface area contributed by atoms with Crippen LogP contribution in [0.4, 0.5) is 0 Å². The van der Waals surface area contributed by atoms with E-state index in [9.17, 15) is 40.5 Å². The largest absolute Gasteiger partial charge is 0.394 e. The number of nitrogens with one attached hydrogen (secondary N) is 2. The van der Waals surface area contributed by atoms with Crippen LogP contribution in [0.3, 0.4) is 0 Å². The van der Waals surface area contributed by atoms with E-state index >= 15 is 0 Å². The number of aliphatic hydroxyl groups is 7. The van der Waals surface area contributed by atoms with E-state index in [1.54, 1.807) is 12.2 Å². The average molecular weight is 781 g/mol. The molecule has 22 heteroatoms. The molecule has 0 aromatic carbocycles. The molecule has 4 fully saturated rings. The zero-order chi connectivity index (χ0) is 39.4. The molecule has 2 saturated heterocycles. The number of hydrogen-bond donors (Lipinski definition) is 15. The number of hydrogen-bond acceptors (Lipinski definition) is 21. The van der Waals surface area contributed by atoms with Gasteiger partial charge in [-0.05, 0) is 31.7 Å². The molecule has 2 saturated carbocycles. The second-order valence-electron chi connectivity index (χ2n) is 14.9. The Morgan fingerprint density at radius 2 is 1.44 bits per heavy atom. The minimum Gasteiger partial charge on any atom is -0.394 e. The lowest BCUT2D eigenvalue weighted by Gasteiger charge is -2.46. The van der Waals surface area contributed by atoms with E-state index in [-0.39, 0.29) is 19.0 Å². The van der Waals surface area contributed by atoms with Gasteiger partial charge in [-0.25, -0.2) is 0 Å². The van der Waals surface area contributed by atoms with Crippen LogP contribution in [0.1, 0.15) is 19.3 Å². The highest BCUT2D eigenvalue weighted by Crippen LogP contribution is 2.34. The van der Waals surface area contributed by atoms with Gasteiger partial charge in [0.1, 0.15) is 61.0 Å². The normalized spacial score (nSPS) is 46.5. The third-order valence-electron chi connectivity index (χ3n) is 10.8. The lowest BCUT2D eigenvalue weighted by atomic mass is 9.81. The van der Waals surface area contributed by atoms with Crippen LogP contribution < -0.4 is 45.0 Å². The van der Waals surface area contributed by atoms with E-state index in [0.29, 0.717) is 12.5 Å². The van der Waals surface area contributed by atoms with Gasteiger partial charge in [0, 0.05) is 31.7 Å². The van der Waals surface area contributed by atoms with Crippen molar-refractivity contribution in [1.29, 1.82) is 0 Å². The second-order valence-corrected chi connectivity index (χ2v) is 14.9. The van der Waals surface area contributed by atoms with Crippen molar-refractivity contribution in [2.45, 2.75) is 142 Å². The molecule has 0 aromatic rings. The summed E-state index contributed by atoms with van der Waals surface area (Å²) in [5.74, 6) is -0.560. The maximum Gasteiger partial charge on any atom is 0.251 e. The molecule has 0 radical (unpaired) electrons. The highest BCUT2D eigenvalue weighted by molar-refractivity contribution is 5.81. The van der Waals surface area contributed by atoms with Crippen molar-refractivity contribution in [3.05, 3.63) is 12.2 Å². The summed E-state index contributed by atoms with van der Waals surface area (Å²) >= 11 is 0. The predicted molar refractivity (Wildman–Crippen MR) is 185 cm³/mol. The topological polar surface area (TPSA) is 394 Å². The number of rotatable bonds is 16. The van der Waals surface area contributed by atoms with Gasteiger partial charge in [-0.15, -0.1) is 0 Å². The molecule has 0 spiro atoms.